The van der Waals surface area contributed by atoms with Crippen molar-refractivity contribution in [1.29, 1.82) is 0 Å². The number of carbonyl (C=O) groups is 2. The second kappa shape index (κ2) is 8.36. The van der Waals surface area contributed by atoms with E-state index in [0.717, 1.165) is 45.3 Å². The molecule has 1 aliphatic carbocycles. The molecular formula is C18H22F3NO3. The number of hydrogen-bond donors (Lipinski definition) is 1. The summed E-state index contributed by atoms with van der Waals surface area (Å²) >= 11 is 0. The zero-order chi connectivity index (χ0) is 18.4. The highest BCUT2D eigenvalue weighted by molar-refractivity contribution is 5.86. The third kappa shape index (κ3) is 5.21. The second-order valence-electron chi connectivity index (χ2n) is 6.28. The van der Waals surface area contributed by atoms with Crippen LogP contribution in [0, 0.1) is 5.92 Å². The van der Waals surface area contributed by atoms with E-state index in [4.69, 9.17) is 0 Å². The first-order valence-electron chi connectivity index (χ1n) is 8.36. The first kappa shape index (κ1) is 19.3. The third-order valence-electron chi connectivity index (χ3n) is 4.52. The average molecular weight is 357 g/mol. The first-order valence-corrected chi connectivity index (χ1v) is 8.36. The fourth-order valence-corrected chi connectivity index (χ4v) is 3.18. The van der Waals surface area contributed by atoms with Crippen molar-refractivity contribution in [2.75, 3.05) is 7.11 Å². The molecule has 0 bridgehead atoms. The predicted molar refractivity (Wildman–Crippen MR) is 85.7 cm³/mol. The number of amides is 1. The summed E-state index contributed by atoms with van der Waals surface area (Å²) < 4.78 is 44.1. The van der Waals surface area contributed by atoms with Crippen molar-refractivity contribution < 1.29 is 27.5 Å². The second-order valence-corrected chi connectivity index (χ2v) is 6.28. The molecule has 1 amide bonds. The number of nitrogens with one attached hydrogen (secondary N) is 1. The van der Waals surface area contributed by atoms with Crippen LogP contribution in [0.1, 0.15) is 43.2 Å². The van der Waals surface area contributed by atoms with E-state index in [1.807, 2.05) is 0 Å². The number of halogens is 3. The standard InChI is InChI=1S/C18H22F3NO3/c1-25-17(24)15(22-16(23)12-7-3-2-4-8-12)11-13-9-5-6-10-14(13)18(19,20)21/h5-6,9-10,12,15H,2-4,7-8,11H2,1H3,(H,22,23)/t15-/m1/s1. The Morgan fingerprint density at radius 1 is 1.20 bits per heavy atom. The van der Waals surface area contributed by atoms with Gasteiger partial charge in [0.2, 0.25) is 5.91 Å². The van der Waals surface area contributed by atoms with E-state index in [9.17, 15) is 22.8 Å². The summed E-state index contributed by atoms with van der Waals surface area (Å²) in [7, 11) is 1.15. The minimum atomic E-state index is -4.52. The molecule has 0 heterocycles. The lowest BCUT2D eigenvalue weighted by Gasteiger charge is -2.24. The van der Waals surface area contributed by atoms with Gasteiger partial charge >= 0.3 is 12.1 Å². The van der Waals surface area contributed by atoms with Gasteiger partial charge in [0.1, 0.15) is 6.04 Å². The monoisotopic (exact) mass is 357 g/mol. The zero-order valence-electron chi connectivity index (χ0n) is 14.1. The number of methoxy groups -OCH3 is 1. The van der Waals surface area contributed by atoms with Crippen LogP contribution in [0.25, 0.3) is 0 Å². The normalized spacial score (nSPS) is 17.0. The van der Waals surface area contributed by atoms with Gasteiger partial charge in [-0.2, -0.15) is 13.2 Å². The molecule has 0 radical (unpaired) electrons. The Labute approximate surface area is 144 Å². The van der Waals surface area contributed by atoms with Gasteiger partial charge in [0.05, 0.1) is 12.7 Å². The number of ether oxygens (including phenoxy) is 1. The Balaban J connectivity index is 2.16. The average Bonchev–Trinajstić information content (AvgIpc) is 2.60. The van der Waals surface area contributed by atoms with Gasteiger partial charge < -0.3 is 10.1 Å². The third-order valence-corrected chi connectivity index (χ3v) is 4.52. The lowest BCUT2D eigenvalue weighted by Crippen LogP contribution is -2.46. The molecule has 1 atom stereocenters. The van der Waals surface area contributed by atoms with Crippen LogP contribution >= 0.6 is 0 Å². The molecule has 0 spiro atoms. The van der Waals surface area contributed by atoms with Gasteiger partial charge in [-0.05, 0) is 24.5 Å². The van der Waals surface area contributed by atoms with Crippen molar-refractivity contribution in [3.8, 4) is 0 Å². The van der Waals surface area contributed by atoms with Gasteiger partial charge in [0.15, 0.2) is 0 Å². The summed E-state index contributed by atoms with van der Waals surface area (Å²) in [6.07, 6.45) is -0.359. The summed E-state index contributed by atoms with van der Waals surface area (Å²) in [5.74, 6) is -1.24. The summed E-state index contributed by atoms with van der Waals surface area (Å²) in [6.45, 7) is 0. The Bertz CT molecular complexity index is 610. The molecule has 7 heteroatoms. The summed E-state index contributed by atoms with van der Waals surface area (Å²) in [5.41, 5.74) is -0.856. The minimum absolute atomic E-state index is 0.0469. The zero-order valence-corrected chi connectivity index (χ0v) is 14.1. The number of esters is 1. The number of hydrogen-bond acceptors (Lipinski definition) is 3. The summed E-state index contributed by atoms with van der Waals surface area (Å²) in [5, 5.41) is 2.58. The minimum Gasteiger partial charge on any atom is -0.467 e. The maximum absolute atomic E-state index is 13.1. The molecule has 0 saturated heterocycles. The number of rotatable bonds is 5. The van der Waals surface area contributed by atoms with Crippen LogP contribution in [0.15, 0.2) is 24.3 Å². The topological polar surface area (TPSA) is 55.4 Å². The van der Waals surface area contributed by atoms with Crippen LogP contribution in [0.2, 0.25) is 0 Å². The fraction of sp³-hybridized carbons (Fsp3) is 0.556. The van der Waals surface area contributed by atoms with Crippen LogP contribution in [0.4, 0.5) is 13.2 Å². The molecule has 4 nitrogen and oxygen atoms in total. The number of alkyl halides is 3. The molecule has 0 aliphatic heterocycles. The summed E-state index contributed by atoms with van der Waals surface area (Å²) in [4.78, 5) is 24.3. The SMILES string of the molecule is COC(=O)[C@@H](Cc1ccccc1C(F)(F)F)NC(=O)C1CCCCC1. The van der Waals surface area contributed by atoms with Crippen molar-refractivity contribution in [2.45, 2.75) is 50.7 Å². The molecular weight excluding hydrogens is 335 g/mol. The van der Waals surface area contributed by atoms with Gasteiger partial charge in [-0.3, -0.25) is 4.79 Å². The van der Waals surface area contributed by atoms with Crippen LogP contribution in [-0.2, 0) is 26.9 Å². The van der Waals surface area contributed by atoms with Crippen molar-refractivity contribution in [2.24, 2.45) is 5.92 Å². The van der Waals surface area contributed by atoms with Crippen molar-refractivity contribution in [3.63, 3.8) is 0 Å². The molecule has 2 rings (SSSR count). The molecule has 25 heavy (non-hydrogen) atoms. The Morgan fingerprint density at radius 3 is 2.44 bits per heavy atom. The van der Waals surface area contributed by atoms with Gasteiger partial charge in [-0.1, -0.05) is 37.5 Å². The van der Waals surface area contributed by atoms with Gasteiger partial charge in [-0.15, -0.1) is 0 Å². The van der Waals surface area contributed by atoms with E-state index in [-0.39, 0.29) is 23.8 Å². The molecule has 1 N–H and O–H groups in total. The van der Waals surface area contributed by atoms with Crippen LogP contribution < -0.4 is 5.32 Å². The van der Waals surface area contributed by atoms with Crippen molar-refractivity contribution in [3.05, 3.63) is 35.4 Å². The van der Waals surface area contributed by atoms with Crippen LogP contribution in [-0.4, -0.2) is 25.0 Å². The van der Waals surface area contributed by atoms with Crippen molar-refractivity contribution >= 4 is 11.9 Å². The van der Waals surface area contributed by atoms with Crippen LogP contribution in [0.5, 0.6) is 0 Å². The van der Waals surface area contributed by atoms with Gasteiger partial charge in [-0.25, -0.2) is 4.79 Å². The molecule has 1 aliphatic rings. The molecule has 1 saturated carbocycles. The highest BCUT2D eigenvalue weighted by atomic mass is 19.4. The van der Waals surface area contributed by atoms with E-state index in [1.165, 1.54) is 18.2 Å². The number of carbonyl (C=O) groups excluding carboxylic acids is 2. The molecule has 0 unspecified atom stereocenters. The molecule has 0 aromatic heterocycles. The quantitative estimate of drug-likeness (QED) is 0.821. The molecule has 1 aromatic carbocycles. The van der Waals surface area contributed by atoms with Gasteiger partial charge in [0.25, 0.3) is 0 Å². The molecule has 1 aromatic rings. The highest BCUT2D eigenvalue weighted by Gasteiger charge is 2.35. The number of benzene rings is 1. The van der Waals surface area contributed by atoms with E-state index in [0.29, 0.717) is 0 Å². The lowest BCUT2D eigenvalue weighted by molar-refractivity contribution is -0.146. The fourth-order valence-electron chi connectivity index (χ4n) is 3.18. The molecule has 138 valence electrons. The van der Waals surface area contributed by atoms with E-state index >= 15 is 0 Å². The largest absolute Gasteiger partial charge is 0.467 e. The van der Waals surface area contributed by atoms with E-state index < -0.39 is 23.8 Å². The van der Waals surface area contributed by atoms with Gasteiger partial charge in [0, 0.05) is 12.3 Å². The molecule has 1 fully saturated rings. The maximum Gasteiger partial charge on any atom is 0.416 e. The highest BCUT2D eigenvalue weighted by Crippen LogP contribution is 2.32. The van der Waals surface area contributed by atoms with E-state index in [1.54, 1.807) is 0 Å². The summed E-state index contributed by atoms with van der Waals surface area (Å²) in [6, 6.07) is 3.91. The Kier molecular flexibility index (Phi) is 6.45. The Morgan fingerprint density at radius 2 is 1.84 bits per heavy atom. The maximum atomic E-state index is 13.1. The lowest BCUT2D eigenvalue weighted by atomic mass is 9.88. The predicted octanol–water partition coefficient (Wildman–Crippen LogP) is 3.49. The van der Waals surface area contributed by atoms with Crippen LogP contribution in [0.3, 0.4) is 0 Å². The first-order chi connectivity index (χ1) is 11.8. The van der Waals surface area contributed by atoms with E-state index in [2.05, 4.69) is 10.1 Å². The smallest absolute Gasteiger partial charge is 0.416 e. The Hall–Kier alpha value is -2.05. The van der Waals surface area contributed by atoms with Crippen molar-refractivity contribution in [1.82, 2.24) is 5.32 Å².